The second-order valence-electron chi connectivity index (χ2n) is 4.94. The summed E-state index contributed by atoms with van der Waals surface area (Å²) < 4.78 is 5.98. The molecule has 92 valence electrons. The highest BCUT2D eigenvalue weighted by Gasteiger charge is 2.26. The molecule has 1 aromatic carbocycles. The summed E-state index contributed by atoms with van der Waals surface area (Å²) in [6.07, 6.45) is 2.79. The van der Waals surface area contributed by atoms with Gasteiger partial charge in [-0.15, -0.1) is 0 Å². The van der Waals surface area contributed by atoms with Crippen LogP contribution in [0.25, 0.3) is 0 Å². The smallest absolute Gasteiger partial charge is 0.124 e. The number of hydrogen-bond acceptors (Lipinski definition) is 3. The van der Waals surface area contributed by atoms with Crippen molar-refractivity contribution in [3.63, 3.8) is 0 Å². The number of likely N-dealkylation sites (tertiary alicyclic amines) is 1. The van der Waals surface area contributed by atoms with Crippen molar-refractivity contribution in [1.29, 1.82) is 0 Å². The van der Waals surface area contributed by atoms with Gasteiger partial charge in [-0.25, -0.2) is 0 Å². The molecule has 2 heterocycles. The Kier molecular flexibility index (Phi) is 2.93. The van der Waals surface area contributed by atoms with E-state index in [0.29, 0.717) is 6.10 Å². The predicted molar refractivity (Wildman–Crippen MR) is 69.8 cm³/mol. The van der Waals surface area contributed by atoms with Gasteiger partial charge >= 0.3 is 0 Å². The Morgan fingerprint density at radius 2 is 2.29 bits per heavy atom. The first-order valence-electron chi connectivity index (χ1n) is 6.61. The third-order valence-electron chi connectivity index (χ3n) is 3.69. The molecule has 0 radical (unpaired) electrons. The molecule has 2 aliphatic heterocycles. The number of nitrogens with zero attached hydrogens (tertiary/aromatic N) is 1. The van der Waals surface area contributed by atoms with E-state index in [2.05, 4.69) is 35.3 Å². The fourth-order valence-electron chi connectivity index (χ4n) is 2.57. The minimum absolute atomic E-state index is 0.393. The number of ether oxygens (including phenoxy) is 1. The van der Waals surface area contributed by atoms with E-state index in [1.165, 1.54) is 24.1 Å². The normalized spacial score (nSPS) is 20.3. The molecular weight excluding hydrogens is 212 g/mol. The maximum Gasteiger partial charge on any atom is 0.124 e. The summed E-state index contributed by atoms with van der Waals surface area (Å²) in [6, 6.07) is 6.45. The number of likely N-dealkylation sites (N-methyl/N-ethyl adjacent to an activating group) is 1. The van der Waals surface area contributed by atoms with Crippen molar-refractivity contribution in [2.45, 2.75) is 25.9 Å². The molecule has 17 heavy (non-hydrogen) atoms. The molecule has 0 unspecified atom stereocenters. The molecule has 1 N–H and O–H groups in total. The minimum atomic E-state index is 0.393. The summed E-state index contributed by atoms with van der Waals surface area (Å²) in [5, 5.41) is 3.42. The van der Waals surface area contributed by atoms with Crippen LogP contribution in [0.5, 0.6) is 5.75 Å². The van der Waals surface area contributed by atoms with E-state index in [9.17, 15) is 0 Å². The Bertz CT molecular complexity index is 399. The molecule has 0 saturated carbocycles. The van der Waals surface area contributed by atoms with Gasteiger partial charge in [0.15, 0.2) is 0 Å². The molecule has 0 aliphatic carbocycles. The van der Waals surface area contributed by atoms with Crippen LogP contribution in [0.4, 0.5) is 5.69 Å². The van der Waals surface area contributed by atoms with Gasteiger partial charge in [-0.05, 0) is 43.1 Å². The first-order valence-corrected chi connectivity index (χ1v) is 6.61. The van der Waals surface area contributed by atoms with Crippen LogP contribution in [0.3, 0.4) is 0 Å². The van der Waals surface area contributed by atoms with Crippen molar-refractivity contribution in [1.82, 2.24) is 4.90 Å². The molecule has 1 fully saturated rings. The molecule has 3 heteroatoms. The van der Waals surface area contributed by atoms with Crippen LogP contribution < -0.4 is 10.1 Å². The molecule has 0 spiro atoms. The van der Waals surface area contributed by atoms with Gasteiger partial charge in [0.05, 0.1) is 0 Å². The highest BCUT2D eigenvalue weighted by molar-refractivity contribution is 5.55. The molecule has 0 atom stereocenters. The lowest BCUT2D eigenvalue weighted by atomic mass is 10.0. The van der Waals surface area contributed by atoms with Gasteiger partial charge in [0.25, 0.3) is 0 Å². The zero-order valence-electron chi connectivity index (χ0n) is 10.4. The van der Waals surface area contributed by atoms with Crippen LogP contribution in [-0.4, -0.2) is 37.2 Å². The predicted octanol–water partition coefficient (Wildman–Crippen LogP) is 2.13. The zero-order chi connectivity index (χ0) is 11.7. The molecule has 0 aromatic heterocycles. The first-order chi connectivity index (χ1) is 8.35. The van der Waals surface area contributed by atoms with E-state index in [1.807, 2.05) is 0 Å². The highest BCUT2D eigenvalue weighted by atomic mass is 16.5. The van der Waals surface area contributed by atoms with Gasteiger partial charge in [0.2, 0.25) is 0 Å². The summed E-state index contributed by atoms with van der Waals surface area (Å²) >= 11 is 0. The fourth-order valence-corrected chi connectivity index (χ4v) is 2.57. The third-order valence-corrected chi connectivity index (χ3v) is 3.69. The molecule has 0 amide bonds. The summed E-state index contributed by atoms with van der Waals surface area (Å²) in [4.78, 5) is 2.39. The number of fused-ring (bicyclic) bond motifs is 1. The second kappa shape index (κ2) is 4.57. The molecule has 3 nitrogen and oxygen atoms in total. The van der Waals surface area contributed by atoms with E-state index in [1.54, 1.807) is 0 Å². The third kappa shape index (κ3) is 2.25. The Balaban J connectivity index is 1.64. The SMILES string of the molecule is CCN1CC(Oc2ccc3c(c2)CCCN3)C1. The molecule has 2 aliphatic rings. The van der Waals surface area contributed by atoms with Crippen molar-refractivity contribution in [2.24, 2.45) is 0 Å². The summed E-state index contributed by atoms with van der Waals surface area (Å²) in [5.74, 6) is 1.04. The van der Waals surface area contributed by atoms with E-state index in [-0.39, 0.29) is 0 Å². The number of aryl methyl sites for hydroxylation is 1. The molecule has 1 aromatic rings. The van der Waals surface area contributed by atoms with Crippen molar-refractivity contribution >= 4 is 5.69 Å². The van der Waals surface area contributed by atoms with Crippen molar-refractivity contribution in [3.05, 3.63) is 23.8 Å². The van der Waals surface area contributed by atoms with Gasteiger partial charge in [0, 0.05) is 25.3 Å². The van der Waals surface area contributed by atoms with Crippen LogP contribution in [0.15, 0.2) is 18.2 Å². The summed E-state index contributed by atoms with van der Waals surface area (Å²) in [7, 11) is 0. The van der Waals surface area contributed by atoms with Gasteiger partial charge in [-0.1, -0.05) is 6.92 Å². The Labute approximate surface area is 103 Å². The van der Waals surface area contributed by atoms with E-state index in [0.717, 1.165) is 31.9 Å². The van der Waals surface area contributed by atoms with Gasteiger partial charge in [0.1, 0.15) is 11.9 Å². The van der Waals surface area contributed by atoms with Gasteiger partial charge < -0.3 is 10.1 Å². The van der Waals surface area contributed by atoms with Crippen molar-refractivity contribution < 1.29 is 4.74 Å². The Hall–Kier alpha value is -1.22. The van der Waals surface area contributed by atoms with E-state index in [4.69, 9.17) is 4.74 Å². The first kappa shape index (κ1) is 10.9. The van der Waals surface area contributed by atoms with Crippen molar-refractivity contribution in [2.75, 3.05) is 31.5 Å². The topological polar surface area (TPSA) is 24.5 Å². The van der Waals surface area contributed by atoms with Crippen LogP contribution in [0, 0.1) is 0 Å². The van der Waals surface area contributed by atoms with Crippen LogP contribution >= 0.6 is 0 Å². The average Bonchev–Trinajstić information content (AvgIpc) is 2.33. The second-order valence-corrected chi connectivity index (χ2v) is 4.94. The lowest BCUT2D eigenvalue weighted by molar-refractivity contribution is 0.0238. The maximum absolute atomic E-state index is 5.98. The Morgan fingerprint density at radius 3 is 3.12 bits per heavy atom. The number of benzene rings is 1. The average molecular weight is 232 g/mol. The maximum atomic E-state index is 5.98. The molecule has 3 rings (SSSR count). The fraction of sp³-hybridized carbons (Fsp3) is 0.571. The van der Waals surface area contributed by atoms with Crippen LogP contribution in [0.2, 0.25) is 0 Å². The number of anilines is 1. The summed E-state index contributed by atoms with van der Waals surface area (Å²) in [6.45, 7) is 6.58. The molecule has 1 saturated heterocycles. The zero-order valence-corrected chi connectivity index (χ0v) is 10.4. The standard InChI is InChI=1S/C14H20N2O/c1-2-16-9-13(10-16)17-12-5-6-14-11(8-12)4-3-7-15-14/h5-6,8,13,15H,2-4,7,9-10H2,1H3. The number of rotatable bonds is 3. The lowest BCUT2D eigenvalue weighted by Crippen LogP contribution is -2.53. The highest BCUT2D eigenvalue weighted by Crippen LogP contribution is 2.27. The minimum Gasteiger partial charge on any atom is -0.488 e. The van der Waals surface area contributed by atoms with Crippen LogP contribution in [-0.2, 0) is 6.42 Å². The number of hydrogen-bond donors (Lipinski definition) is 1. The van der Waals surface area contributed by atoms with Gasteiger partial charge in [-0.2, -0.15) is 0 Å². The molecular formula is C14H20N2O. The largest absolute Gasteiger partial charge is 0.488 e. The van der Waals surface area contributed by atoms with E-state index >= 15 is 0 Å². The summed E-state index contributed by atoms with van der Waals surface area (Å²) in [5.41, 5.74) is 2.69. The Morgan fingerprint density at radius 1 is 1.41 bits per heavy atom. The van der Waals surface area contributed by atoms with Crippen LogP contribution in [0.1, 0.15) is 18.9 Å². The lowest BCUT2D eigenvalue weighted by Gasteiger charge is -2.38. The quantitative estimate of drug-likeness (QED) is 0.864. The molecule has 0 bridgehead atoms. The monoisotopic (exact) mass is 232 g/mol. The van der Waals surface area contributed by atoms with Gasteiger partial charge in [-0.3, -0.25) is 4.90 Å². The number of nitrogens with one attached hydrogen (secondary N) is 1. The van der Waals surface area contributed by atoms with E-state index < -0.39 is 0 Å². The van der Waals surface area contributed by atoms with Crippen molar-refractivity contribution in [3.8, 4) is 5.75 Å².